The maximum absolute atomic E-state index is 12.1. The lowest BCUT2D eigenvalue weighted by atomic mass is 10.0. The van der Waals surface area contributed by atoms with Crippen molar-refractivity contribution in [1.29, 1.82) is 0 Å². The number of carbonyl (C=O) groups excluding carboxylic acids is 1. The zero-order valence-corrected chi connectivity index (χ0v) is 17.3. The molecule has 0 radical (unpaired) electrons. The number of aromatic hydroxyl groups is 2. The van der Waals surface area contributed by atoms with Crippen LogP contribution in [0.3, 0.4) is 0 Å². The Hall–Kier alpha value is -1.51. The van der Waals surface area contributed by atoms with E-state index in [0.717, 1.165) is 12.8 Å². The lowest BCUT2D eigenvalue weighted by Gasteiger charge is -2.05. The van der Waals surface area contributed by atoms with Crippen LogP contribution in [-0.2, 0) is 0 Å². The summed E-state index contributed by atoms with van der Waals surface area (Å²) in [5.41, 5.74) is 0.318. The second-order valence-corrected chi connectivity index (χ2v) is 7.82. The lowest BCUT2D eigenvalue weighted by Crippen LogP contribution is -1.99. The molecule has 2 N–H and O–H groups in total. The quantitative estimate of drug-likeness (QED) is 0.218. The van der Waals surface area contributed by atoms with Crippen LogP contribution in [0, 0.1) is 0 Å². The van der Waals surface area contributed by atoms with Crippen LogP contribution >= 0.6 is 0 Å². The second kappa shape index (κ2) is 15.5. The van der Waals surface area contributed by atoms with Crippen LogP contribution in [-0.4, -0.2) is 16.0 Å². The van der Waals surface area contributed by atoms with Gasteiger partial charge in [0.15, 0.2) is 5.78 Å². The number of Topliss-reactive ketones (excluding diaryl/α,β-unsaturated/α-hetero) is 1. The zero-order chi connectivity index (χ0) is 19.7. The molecule has 0 saturated heterocycles. The first-order valence-corrected chi connectivity index (χ1v) is 11.2. The molecular weight excluding hydrogens is 336 g/mol. The van der Waals surface area contributed by atoms with E-state index < -0.39 is 0 Å². The highest BCUT2D eigenvalue weighted by Crippen LogP contribution is 2.24. The van der Waals surface area contributed by atoms with Crippen molar-refractivity contribution in [2.24, 2.45) is 0 Å². The van der Waals surface area contributed by atoms with E-state index >= 15 is 0 Å². The van der Waals surface area contributed by atoms with Crippen molar-refractivity contribution in [2.75, 3.05) is 0 Å². The number of hydrogen-bond donors (Lipinski definition) is 2. The topological polar surface area (TPSA) is 57.5 Å². The highest BCUT2D eigenvalue weighted by Gasteiger charge is 2.11. The van der Waals surface area contributed by atoms with Gasteiger partial charge in [0.1, 0.15) is 11.5 Å². The molecular formula is C24H40O3. The molecule has 0 amide bonds. The van der Waals surface area contributed by atoms with E-state index in [-0.39, 0.29) is 17.3 Å². The minimum Gasteiger partial charge on any atom is -0.508 e. The number of carbonyl (C=O) groups is 1. The molecule has 0 saturated carbocycles. The van der Waals surface area contributed by atoms with E-state index in [1.165, 1.54) is 102 Å². The predicted molar refractivity (Wildman–Crippen MR) is 114 cm³/mol. The molecule has 0 aromatic heterocycles. The molecule has 0 spiro atoms. The molecule has 1 aromatic carbocycles. The molecule has 1 aromatic rings. The fraction of sp³-hybridized carbons (Fsp3) is 0.708. The van der Waals surface area contributed by atoms with E-state index in [2.05, 4.69) is 6.92 Å². The van der Waals surface area contributed by atoms with Gasteiger partial charge in [-0.25, -0.2) is 0 Å². The van der Waals surface area contributed by atoms with Crippen LogP contribution in [0.5, 0.6) is 11.5 Å². The highest BCUT2D eigenvalue weighted by molar-refractivity contribution is 5.98. The van der Waals surface area contributed by atoms with E-state index in [1.54, 1.807) is 0 Å². The third-order valence-electron chi connectivity index (χ3n) is 5.29. The highest BCUT2D eigenvalue weighted by atomic mass is 16.3. The van der Waals surface area contributed by atoms with Crippen molar-refractivity contribution < 1.29 is 15.0 Å². The Labute approximate surface area is 166 Å². The van der Waals surface area contributed by atoms with E-state index in [4.69, 9.17) is 0 Å². The monoisotopic (exact) mass is 376 g/mol. The molecule has 3 nitrogen and oxygen atoms in total. The largest absolute Gasteiger partial charge is 0.508 e. The van der Waals surface area contributed by atoms with Gasteiger partial charge in [0, 0.05) is 12.5 Å². The summed E-state index contributed by atoms with van der Waals surface area (Å²) >= 11 is 0. The number of hydrogen-bond acceptors (Lipinski definition) is 3. The standard InChI is InChI=1S/C24H40O3/c1-2-3-4-5-6-7-8-9-10-11-12-13-14-15-16-17-23(26)22-19-18-21(25)20-24(22)27/h18-20,25,27H,2-17H2,1H3. The van der Waals surface area contributed by atoms with Gasteiger partial charge in [0.25, 0.3) is 0 Å². The smallest absolute Gasteiger partial charge is 0.166 e. The number of rotatable bonds is 17. The molecule has 154 valence electrons. The van der Waals surface area contributed by atoms with Gasteiger partial charge in [-0.05, 0) is 18.6 Å². The Morgan fingerprint density at radius 2 is 1.15 bits per heavy atom. The van der Waals surface area contributed by atoms with Crippen molar-refractivity contribution in [3.63, 3.8) is 0 Å². The van der Waals surface area contributed by atoms with Gasteiger partial charge in [0.2, 0.25) is 0 Å². The van der Waals surface area contributed by atoms with E-state index in [1.807, 2.05) is 0 Å². The van der Waals surface area contributed by atoms with Crippen molar-refractivity contribution in [2.45, 2.75) is 110 Å². The number of benzene rings is 1. The summed E-state index contributed by atoms with van der Waals surface area (Å²) in [5.74, 6) is -0.181. The molecule has 27 heavy (non-hydrogen) atoms. The third-order valence-corrected chi connectivity index (χ3v) is 5.29. The summed E-state index contributed by atoms with van der Waals surface area (Å²) in [6, 6.07) is 4.16. The van der Waals surface area contributed by atoms with Crippen molar-refractivity contribution >= 4 is 5.78 Å². The third kappa shape index (κ3) is 11.7. The van der Waals surface area contributed by atoms with Gasteiger partial charge in [-0.2, -0.15) is 0 Å². The number of ketones is 1. The van der Waals surface area contributed by atoms with Crippen LogP contribution < -0.4 is 0 Å². The normalized spacial score (nSPS) is 11.0. The van der Waals surface area contributed by atoms with E-state index in [9.17, 15) is 15.0 Å². The summed E-state index contributed by atoms with van der Waals surface area (Å²) in [5, 5.41) is 19.0. The number of unbranched alkanes of at least 4 members (excludes halogenated alkanes) is 14. The van der Waals surface area contributed by atoms with Gasteiger partial charge >= 0.3 is 0 Å². The summed E-state index contributed by atoms with van der Waals surface area (Å²) in [7, 11) is 0. The van der Waals surface area contributed by atoms with Crippen LogP contribution in [0.2, 0.25) is 0 Å². The zero-order valence-electron chi connectivity index (χ0n) is 17.3. The first-order valence-electron chi connectivity index (χ1n) is 11.2. The molecule has 0 aliphatic heterocycles. The average molecular weight is 377 g/mol. The number of phenols is 2. The van der Waals surface area contributed by atoms with Crippen molar-refractivity contribution in [3.8, 4) is 11.5 Å². The average Bonchev–Trinajstić information content (AvgIpc) is 2.64. The lowest BCUT2D eigenvalue weighted by molar-refractivity contribution is 0.0976. The predicted octanol–water partition coefficient (Wildman–Crippen LogP) is 7.54. The Morgan fingerprint density at radius 1 is 0.704 bits per heavy atom. The minimum atomic E-state index is -0.124. The Morgan fingerprint density at radius 3 is 1.59 bits per heavy atom. The van der Waals surface area contributed by atoms with Crippen molar-refractivity contribution in [3.05, 3.63) is 23.8 Å². The van der Waals surface area contributed by atoms with Crippen molar-refractivity contribution in [1.82, 2.24) is 0 Å². The molecule has 3 heteroatoms. The molecule has 0 bridgehead atoms. The number of phenolic OH excluding ortho intramolecular Hbond substituents is 2. The van der Waals surface area contributed by atoms with Gasteiger partial charge < -0.3 is 10.2 Å². The first kappa shape index (κ1) is 23.5. The Balaban J connectivity index is 1.88. The van der Waals surface area contributed by atoms with E-state index in [0.29, 0.717) is 12.0 Å². The van der Waals surface area contributed by atoms with Crippen LogP contribution in [0.1, 0.15) is 120 Å². The van der Waals surface area contributed by atoms with Gasteiger partial charge in [-0.1, -0.05) is 96.8 Å². The first-order chi connectivity index (χ1) is 13.1. The SMILES string of the molecule is CCCCCCCCCCCCCCCCCC(=O)c1ccc(O)cc1O. The summed E-state index contributed by atoms with van der Waals surface area (Å²) in [4.78, 5) is 12.1. The van der Waals surface area contributed by atoms with Gasteiger partial charge in [-0.3, -0.25) is 4.79 Å². The maximum Gasteiger partial charge on any atom is 0.166 e. The van der Waals surface area contributed by atoms with Gasteiger partial charge in [0.05, 0.1) is 5.56 Å². The maximum atomic E-state index is 12.1. The summed E-state index contributed by atoms with van der Waals surface area (Å²) in [6.45, 7) is 2.27. The van der Waals surface area contributed by atoms with Gasteiger partial charge in [-0.15, -0.1) is 0 Å². The fourth-order valence-electron chi connectivity index (χ4n) is 3.55. The Bertz CT molecular complexity index is 510. The summed E-state index contributed by atoms with van der Waals surface area (Å²) in [6.07, 6.45) is 20.1. The molecule has 0 heterocycles. The Kier molecular flexibility index (Phi) is 13.5. The molecule has 0 aliphatic carbocycles. The molecule has 0 aliphatic rings. The molecule has 0 atom stereocenters. The van der Waals surface area contributed by atoms with Crippen LogP contribution in [0.15, 0.2) is 18.2 Å². The molecule has 1 rings (SSSR count). The fourth-order valence-corrected chi connectivity index (χ4v) is 3.55. The molecule has 0 unspecified atom stereocenters. The molecule has 0 fully saturated rings. The minimum absolute atomic E-state index is 0.0176. The van der Waals surface area contributed by atoms with Crippen LogP contribution in [0.4, 0.5) is 0 Å². The summed E-state index contributed by atoms with van der Waals surface area (Å²) < 4.78 is 0. The van der Waals surface area contributed by atoms with Crippen LogP contribution in [0.25, 0.3) is 0 Å². The second-order valence-electron chi connectivity index (χ2n) is 7.82.